The second kappa shape index (κ2) is 5.58. The molecule has 0 unspecified atom stereocenters. The van der Waals surface area contributed by atoms with Crippen LogP contribution in [0.15, 0.2) is 18.5 Å². The second-order valence-electron chi connectivity index (χ2n) is 5.50. The number of rotatable bonds is 3. The van der Waals surface area contributed by atoms with Gasteiger partial charge in [-0.15, -0.1) is 0 Å². The molecule has 1 aliphatic heterocycles. The Morgan fingerprint density at radius 2 is 2.18 bits per heavy atom. The number of imidazole rings is 1. The number of anilines is 1. The Morgan fingerprint density at radius 1 is 1.36 bits per heavy atom. The molecule has 0 fully saturated rings. The molecule has 3 rings (SSSR count). The lowest BCUT2D eigenvalue weighted by Gasteiger charge is -2.23. The minimum atomic E-state index is -4.38. The van der Waals surface area contributed by atoms with Gasteiger partial charge in [-0.05, 0) is 25.3 Å². The second-order valence-corrected chi connectivity index (χ2v) is 5.50. The maximum Gasteiger partial charge on any atom is 0.434 e. The van der Waals surface area contributed by atoms with Crippen molar-refractivity contribution in [1.82, 2.24) is 19.5 Å². The molecule has 0 bridgehead atoms. The lowest BCUT2D eigenvalue weighted by Crippen LogP contribution is -2.26. The molecule has 0 saturated carbocycles. The Labute approximate surface area is 125 Å². The summed E-state index contributed by atoms with van der Waals surface area (Å²) in [5.74, 6) is 1.29. The zero-order valence-electron chi connectivity index (χ0n) is 12.1. The summed E-state index contributed by atoms with van der Waals surface area (Å²) < 4.78 is 39.6. The number of aryl methyl sites for hydroxylation is 2. The van der Waals surface area contributed by atoms with Gasteiger partial charge in [0.25, 0.3) is 0 Å². The quantitative estimate of drug-likeness (QED) is 0.947. The van der Waals surface area contributed by atoms with Gasteiger partial charge in [-0.2, -0.15) is 13.2 Å². The van der Waals surface area contributed by atoms with Gasteiger partial charge < -0.3 is 9.88 Å². The number of alkyl halides is 3. The van der Waals surface area contributed by atoms with Gasteiger partial charge in [-0.3, -0.25) is 0 Å². The number of fused-ring (bicyclic) bond motifs is 1. The van der Waals surface area contributed by atoms with Crippen LogP contribution in [0.5, 0.6) is 0 Å². The molecule has 8 heteroatoms. The summed E-state index contributed by atoms with van der Waals surface area (Å²) in [6.07, 6.45) is -0.252. The molecule has 2 aromatic rings. The van der Waals surface area contributed by atoms with E-state index < -0.39 is 11.9 Å². The highest BCUT2D eigenvalue weighted by Crippen LogP contribution is 2.30. The van der Waals surface area contributed by atoms with E-state index in [4.69, 9.17) is 0 Å². The fourth-order valence-corrected chi connectivity index (χ4v) is 2.59. The molecule has 22 heavy (non-hydrogen) atoms. The number of hydrogen-bond acceptors (Lipinski definition) is 4. The third-order valence-electron chi connectivity index (χ3n) is 3.72. The van der Waals surface area contributed by atoms with Crippen molar-refractivity contribution in [3.05, 3.63) is 35.7 Å². The van der Waals surface area contributed by atoms with E-state index in [1.54, 1.807) is 10.8 Å². The summed E-state index contributed by atoms with van der Waals surface area (Å²) in [7, 11) is 0. The van der Waals surface area contributed by atoms with Gasteiger partial charge in [0.05, 0.1) is 0 Å². The van der Waals surface area contributed by atoms with Crippen molar-refractivity contribution in [2.24, 2.45) is 5.92 Å². The molecule has 1 N–H and O–H groups in total. The first-order chi connectivity index (χ1) is 10.4. The molecule has 0 spiro atoms. The van der Waals surface area contributed by atoms with Crippen LogP contribution in [-0.4, -0.2) is 26.1 Å². The first-order valence-electron chi connectivity index (χ1n) is 7.08. The van der Waals surface area contributed by atoms with Crippen LogP contribution in [0.25, 0.3) is 0 Å². The Morgan fingerprint density at radius 3 is 2.91 bits per heavy atom. The number of aromatic nitrogens is 4. The van der Waals surface area contributed by atoms with Crippen LogP contribution in [0.2, 0.25) is 0 Å². The summed E-state index contributed by atoms with van der Waals surface area (Å²) in [6.45, 7) is 3.03. The molecule has 0 amide bonds. The van der Waals surface area contributed by atoms with Crippen LogP contribution in [0.1, 0.15) is 23.6 Å². The normalized spacial score (nSPS) is 18.1. The smallest absolute Gasteiger partial charge is 0.354 e. The third kappa shape index (κ3) is 3.20. The Kier molecular flexibility index (Phi) is 3.76. The van der Waals surface area contributed by atoms with E-state index in [-0.39, 0.29) is 5.92 Å². The molecular weight excluding hydrogens is 295 g/mol. The van der Waals surface area contributed by atoms with E-state index in [2.05, 4.69) is 20.3 Å². The highest BCUT2D eigenvalue weighted by molar-refractivity contribution is 5.24. The van der Waals surface area contributed by atoms with Gasteiger partial charge in [-0.1, -0.05) is 0 Å². The molecule has 0 aromatic carbocycles. The van der Waals surface area contributed by atoms with Crippen LogP contribution < -0.4 is 5.32 Å². The highest BCUT2D eigenvalue weighted by Gasteiger charge is 2.35. The maximum absolute atomic E-state index is 12.7. The average Bonchev–Trinajstić information content (AvgIpc) is 2.88. The molecule has 118 valence electrons. The van der Waals surface area contributed by atoms with E-state index in [0.29, 0.717) is 31.3 Å². The van der Waals surface area contributed by atoms with Crippen LogP contribution in [0.3, 0.4) is 0 Å². The monoisotopic (exact) mass is 311 g/mol. The molecule has 0 aliphatic carbocycles. The predicted octanol–water partition coefficient (Wildman–Crippen LogP) is 2.67. The first kappa shape index (κ1) is 14.8. The average molecular weight is 311 g/mol. The van der Waals surface area contributed by atoms with Gasteiger partial charge >= 0.3 is 6.18 Å². The predicted molar refractivity (Wildman–Crippen MR) is 74.3 cm³/mol. The lowest BCUT2D eigenvalue weighted by atomic mass is 9.99. The molecular formula is C14H16F3N5. The number of nitrogens with zero attached hydrogens (tertiary/aromatic N) is 4. The van der Waals surface area contributed by atoms with E-state index >= 15 is 0 Å². The number of nitrogens with one attached hydrogen (secondary N) is 1. The number of hydrogen-bond donors (Lipinski definition) is 1. The maximum atomic E-state index is 12.7. The van der Waals surface area contributed by atoms with Crippen LogP contribution in [-0.2, 0) is 19.1 Å². The van der Waals surface area contributed by atoms with Crippen molar-refractivity contribution >= 4 is 5.95 Å². The largest absolute Gasteiger partial charge is 0.434 e. The lowest BCUT2D eigenvalue weighted by molar-refractivity contribution is -0.141. The van der Waals surface area contributed by atoms with E-state index in [1.807, 2.05) is 13.0 Å². The molecule has 5 nitrogen and oxygen atoms in total. The van der Waals surface area contributed by atoms with Crippen LogP contribution >= 0.6 is 0 Å². The molecule has 1 atom stereocenters. The van der Waals surface area contributed by atoms with Crippen molar-refractivity contribution in [2.75, 3.05) is 11.9 Å². The Hall–Kier alpha value is -2.12. The standard InChI is InChI=1S/C14H16F3N5/c1-9-4-5-18-13(20-9)19-6-10-2-3-12-21-11(14(15,16)17)8-22(12)7-10/h4-5,8,10H,2-3,6-7H2,1H3,(H,18,19,20)/t10-/m0/s1. The van der Waals surface area contributed by atoms with E-state index in [1.165, 1.54) is 0 Å². The van der Waals surface area contributed by atoms with Crippen molar-refractivity contribution in [3.8, 4) is 0 Å². The van der Waals surface area contributed by atoms with Crippen molar-refractivity contribution in [1.29, 1.82) is 0 Å². The zero-order chi connectivity index (χ0) is 15.7. The van der Waals surface area contributed by atoms with Crippen molar-refractivity contribution in [3.63, 3.8) is 0 Å². The zero-order valence-corrected chi connectivity index (χ0v) is 12.1. The summed E-state index contributed by atoms with van der Waals surface area (Å²) in [5.41, 5.74) is 0.0611. The fourth-order valence-electron chi connectivity index (χ4n) is 2.59. The van der Waals surface area contributed by atoms with E-state index in [0.717, 1.165) is 18.3 Å². The van der Waals surface area contributed by atoms with Crippen LogP contribution in [0.4, 0.5) is 19.1 Å². The molecule has 0 saturated heterocycles. The molecule has 2 aromatic heterocycles. The van der Waals surface area contributed by atoms with Gasteiger partial charge in [0.1, 0.15) is 5.82 Å². The van der Waals surface area contributed by atoms with Crippen LogP contribution in [0, 0.1) is 12.8 Å². The van der Waals surface area contributed by atoms with Crippen molar-refractivity contribution < 1.29 is 13.2 Å². The van der Waals surface area contributed by atoms with Gasteiger partial charge in [-0.25, -0.2) is 15.0 Å². The number of halogens is 3. The summed E-state index contributed by atoms with van der Waals surface area (Å²) in [4.78, 5) is 12.0. The van der Waals surface area contributed by atoms with Gasteiger partial charge in [0.15, 0.2) is 5.69 Å². The molecule has 0 radical (unpaired) electrons. The third-order valence-corrected chi connectivity index (χ3v) is 3.72. The molecule has 3 heterocycles. The minimum Gasteiger partial charge on any atom is -0.354 e. The van der Waals surface area contributed by atoms with Gasteiger partial charge in [0.2, 0.25) is 5.95 Å². The summed E-state index contributed by atoms with van der Waals surface area (Å²) in [6, 6.07) is 1.81. The highest BCUT2D eigenvalue weighted by atomic mass is 19.4. The summed E-state index contributed by atoms with van der Waals surface area (Å²) >= 11 is 0. The molecule has 1 aliphatic rings. The minimum absolute atomic E-state index is 0.229. The van der Waals surface area contributed by atoms with Gasteiger partial charge in [0, 0.05) is 37.6 Å². The SMILES string of the molecule is Cc1ccnc(NC[C@@H]2CCc3nc(C(F)(F)F)cn3C2)n1. The van der Waals surface area contributed by atoms with Crippen molar-refractivity contribution in [2.45, 2.75) is 32.5 Å². The first-order valence-corrected chi connectivity index (χ1v) is 7.08. The summed E-state index contributed by atoms with van der Waals surface area (Å²) in [5, 5.41) is 3.14. The Balaban J connectivity index is 1.63. The topological polar surface area (TPSA) is 55.6 Å². The van der Waals surface area contributed by atoms with E-state index in [9.17, 15) is 13.2 Å². The fraction of sp³-hybridized carbons (Fsp3) is 0.500. The Bertz CT molecular complexity index is 665.